The number of nitrogens with two attached hydrogens (primary N) is 1. The van der Waals surface area contributed by atoms with Crippen molar-refractivity contribution in [1.82, 2.24) is 10.3 Å². The number of amides is 1. The molecule has 0 aliphatic rings. The van der Waals surface area contributed by atoms with E-state index in [0.29, 0.717) is 6.54 Å². The lowest BCUT2D eigenvalue weighted by molar-refractivity contribution is -0.123. The van der Waals surface area contributed by atoms with Gasteiger partial charge in [-0.05, 0) is 24.0 Å². The predicted molar refractivity (Wildman–Crippen MR) is 89.7 cm³/mol. The van der Waals surface area contributed by atoms with Gasteiger partial charge in [-0.2, -0.15) is 0 Å². The largest absolute Gasteiger partial charge is 0.361 e. The Bertz CT molecular complexity index is 582. The predicted octanol–water partition coefficient (Wildman–Crippen LogP) is 2.62. The molecular formula is C16H24ClN3O. The van der Waals surface area contributed by atoms with Gasteiger partial charge in [0.2, 0.25) is 5.91 Å². The molecule has 1 aromatic carbocycles. The van der Waals surface area contributed by atoms with Crippen LogP contribution < -0.4 is 11.1 Å². The van der Waals surface area contributed by atoms with E-state index in [0.717, 1.165) is 18.4 Å². The molecule has 2 rings (SSSR count). The lowest BCUT2D eigenvalue weighted by Crippen LogP contribution is -2.45. The van der Waals surface area contributed by atoms with Crippen LogP contribution in [-0.4, -0.2) is 23.5 Å². The van der Waals surface area contributed by atoms with E-state index in [1.807, 2.05) is 32.2 Å². The number of H-pyrrole nitrogens is 1. The SMILES string of the molecule is CCC(C)C(N)C(=O)NCCc1c[nH]c2ccccc12.Cl. The van der Waals surface area contributed by atoms with E-state index in [-0.39, 0.29) is 24.2 Å². The van der Waals surface area contributed by atoms with Gasteiger partial charge in [0, 0.05) is 23.6 Å². The van der Waals surface area contributed by atoms with Crippen molar-refractivity contribution < 1.29 is 4.79 Å². The van der Waals surface area contributed by atoms with Crippen LogP contribution in [0.15, 0.2) is 30.5 Å². The van der Waals surface area contributed by atoms with E-state index in [4.69, 9.17) is 5.73 Å². The van der Waals surface area contributed by atoms with Gasteiger partial charge in [-0.1, -0.05) is 38.5 Å². The molecule has 4 nitrogen and oxygen atoms in total. The van der Waals surface area contributed by atoms with Crippen molar-refractivity contribution in [1.29, 1.82) is 0 Å². The van der Waals surface area contributed by atoms with E-state index in [1.54, 1.807) is 0 Å². The van der Waals surface area contributed by atoms with Crippen LogP contribution >= 0.6 is 12.4 Å². The van der Waals surface area contributed by atoms with Crippen molar-refractivity contribution in [3.8, 4) is 0 Å². The van der Waals surface area contributed by atoms with Gasteiger partial charge in [-0.15, -0.1) is 12.4 Å². The van der Waals surface area contributed by atoms with Crippen LogP contribution in [0.25, 0.3) is 10.9 Å². The number of rotatable bonds is 6. The summed E-state index contributed by atoms with van der Waals surface area (Å²) in [6.45, 7) is 4.67. The smallest absolute Gasteiger partial charge is 0.237 e. The number of hydrogen-bond acceptors (Lipinski definition) is 2. The zero-order valence-corrected chi connectivity index (χ0v) is 13.4. The summed E-state index contributed by atoms with van der Waals surface area (Å²) in [5.41, 5.74) is 8.25. The van der Waals surface area contributed by atoms with Gasteiger partial charge in [0.1, 0.15) is 0 Å². The first-order chi connectivity index (χ1) is 9.63. The van der Waals surface area contributed by atoms with Gasteiger partial charge < -0.3 is 16.0 Å². The maximum absolute atomic E-state index is 11.9. The zero-order chi connectivity index (χ0) is 14.5. The Morgan fingerprint density at radius 2 is 2.10 bits per heavy atom. The second-order valence-corrected chi connectivity index (χ2v) is 5.31. The van der Waals surface area contributed by atoms with Gasteiger partial charge in [0.15, 0.2) is 0 Å². The Hall–Kier alpha value is -1.52. The molecule has 0 saturated carbocycles. The van der Waals surface area contributed by atoms with E-state index in [9.17, 15) is 4.79 Å². The van der Waals surface area contributed by atoms with Crippen molar-refractivity contribution in [3.05, 3.63) is 36.0 Å². The summed E-state index contributed by atoms with van der Waals surface area (Å²) in [5, 5.41) is 4.14. The summed E-state index contributed by atoms with van der Waals surface area (Å²) in [5.74, 6) is 0.155. The average molecular weight is 310 g/mol. The summed E-state index contributed by atoms with van der Waals surface area (Å²) < 4.78 is 0. The Morgan fingerprint density at radius 3 is 2.81 bits per heavy atom. The molecule has 1 heterocycles. The van der Waals surface area contributed by atoms with Gasteiger partial charge in [0.25, 0.3) is 0 Å². The normalized spacial score (nSPS) is 13.5. The highest BCUT2D eigenvalue weighted by Gasteiger charge is 2.18. The molecule has 2 aromatic rings. The number of halogens is 1. The summed E-state index contributed by atoms with van der Waals surface area (Å²) in [7, 11) is 0. The number of carbonyl (C=O) groups is 1. The van der Waals surface area contributed by atoms with Crippen LogP contribution in [-0.2, 0) is 11.2 Å². The average Bonchev–Trinajstić information content (AvgIpc) is 2.89. The van der Waals surface area contributed by atoms with E-state index < -0.39 is 6.04 Å². The minimum atomic E-state index is -0.414. The molecule has 0 aliphatic heterocycles. The highest BCUT2D eigenvalue weighted by atomic mass is 35.5. The molecule has 0 radical (unpaired) electrons. The number of benzene rings is 1. The second kappa shape index (κ2) is 8.05. The molecule has 1 amide bonds. The van der Waals surface area contributed by atoms with Gasteiger partial charge in [-0.25, -0.2) is 0 Å². The van der Waals surface area contributed by atoms with Crippen molar-refractivity contribution in [2.75, 3.05) is 6.54 Å². The minimum absolute atomic E-state index is 0. The third-order valence-corrected chi connectivity index (χ3v) is 3.93. The van der Waals surface area contributed by atoms with Crippen molar-refractivity contribution in [3.63, 3.8) is 0 Å². The first-order valence-corrected chi connectivity index (χ1v) is 7.21. The van der Waals surface area contributed by atoms with Crippen molar-refractivity contribution >= 4 is 29.2 Å². The summed E-state index contributed by atoms with van der Waals surface area (Å²) >= 11 is 0. The topological polar surface area (TPSA) is 70.9 Å². The zero-order valence-electron chi connectivity index (χ0n) is 12.6. The van der Waals surface area contributed by atoms with E-state index in [1.165, 1.54) is 10.9 Å². The molecule has 0 bridgehead atoms. The molecule has 21 heavy (non-hydrogen) atoms. The molecule has 2 atom stereocenters. The maximum Gasteiger partial charge on any atom is 0.237 e. The number of para-hydroxylation sites is 1. The maximum atomic E-state index is 11.9. The quantitative estimate of drug-likeness (QED) is 0.767. The third kappa shape index (κ3) is 4.22. The molecule has 0 aliphatic carbocycles. The van der Waals surface area contributed by atoms with Crippen LogP contribution in [0.2, 0.25) is 0 Å². The van der Waals surface area contributed by atoms with Crippen molar-refractivity contribution in [2.24, 2.45) is 11.7 Å². The fourth-order valence-corrected chi connectivity index (χ4v) is 2.29. The van der Waals surface area contributed by atoms with Crippen LogP contribution in [0.1, 0.15) is 25.8 Å². The fourth-order valence-electron chi connectivity index (χ4n) is 2.29. The molecule has 5 heteroatoms. The van der Waals surface area contributed by atoms with Crippen LogP contribution in [0, 0.1) is 5.92 Å². The highest BCUT2D eigenvalue weighted by Crippen LogP contribution is 2.17. The Labute approximate surface area is 131 Å². The highest BCUT2D eigenvalue weighted by molar-refractivity contribution is 5.85. The first-order valence-electron chi connectivity index (χ1n) is 7.21. The number of aromatic amines is 1. The molecule has 116 valence electrons. The lowest BCUT2D eigenvalue weighted by Gasteiger charge is -2.17. The van der Waals surface area contributed by atoms with Crippen molar-refractivity contribution in [2.45, 2.75) is 32.7 Å². The molecule has 0 fully saturated rings. The number of carbonyl (C=O) groups excluding carboxylic acids is 1. The van der Waals surface area contributed by atoms with Gasteiger partial charge in [-0.3, -0.25) is 4.79 Å². The number of hydrogen-bond donors (Lipinski definition) is 3. The molecule has 0 spiro atoms. The summed E-state index contributed by atoms with van der Waals surface area (Å²) in [6, 6.07) is 7.76. The molecule has 2 unspecified atom stereocenters. The molecular weight excluding hydrogens is 286 g/mol. The number of aromatic nitrogens is 1. The van der Waals surface area contributed by atoms with Crippen LogP contribution in [0.4, 0.5) is 0 Å². The van der Waals surface area contributed by atoms with E-state index in [2.05, 4.69) is 22.4 Å². The summed E-state index contributed by atoms with van der Waals surface area (Å²) in [4.78, 5) is 15.1. The van der Waals surface area contributed by atoms with Gasteiger partial charge >= 0.3 is 0 Å². The standard InChI is InChI=1S/C16H23N3O.ClH/c1-3-11(2)15(17)16(20)18-9-8-12-10-19-14-7-5-4-6-13(12)14;/h4-7,10-11,15,19H,3,8-9,17H2,1-2H3,(H,18,20);1H. The van der Waals surface area contributed by atoms with Crippen LogP contribution in [0.3, 0.4) is 0 Å². The monoisotopic (exact) mass is 309 g/mol. The van der Waals surface area contributed by atoms with Gasteiger partial charge in [0.05, 0.1) is 6.04 Å². The van der Waals surface area contributed by atoms with E-state index >= 15 is 0 Å². The fraction of sp³-hybridized carbons (Fsp3) is 0.438. The Morgan fingerprint density at radius 1 is 1.38 bits per heavy atom. The third-order valence-electron chi connectivity index (χ3n) is 3.93. The molecule has 1 aromatic heterocycles. The second-order valence-electron chi connectivity index (χ2n) is 5.31. The summed E-state index contributed by atoms with van der Waals surface area (Å²) in [6.07, 6.45) is 3.73. The number of nitrogens with one attached hydrogen (secondary N) is 2. The lowest BCUT2D eigenvalue weighted by atomic mass is 9.99. The minimum Gasteiger partial charge on any atom is -0.361 e. The Balaban J connectivity index is 0.00000220. The Kier molecular flexibility index (Phi) is 6.72. The van der Waals surface area contributed by atoms with Crippen LogP contribution in [0.5, 0.6) is 0 Å². The molecule has 0 saturated heterocycles. The number of fused-ring (bicyclic) bond motifs is 1. The molecule has 4 N–H and O–H groups in total. The first kappa shape index (κ1) is 17.5.